The Bertz CT molecular complexity index is 2390. The molecule has 0 aliphatic carbocycles. The summed E-state index contributed by atoms with van der Waals surface area (Å²) in [5.41, 5.74) is 9.07. The number of furan rings is 1. The molecule has 0 amide bonds. The number of hydrogen-bond donors (Lipinski definition) is 0. The maximum atomic E-state index is 6.19. The molecule has 47 heavy (non-hydrogen) atoms. The van der Waals surface area contributed by atoms with E-state index in [-0.39, 0.29) is 0 Å². The van der Waals surface area contributed by atoms with Crippen molar-refractivity contribution in [2.75, 3.05) is 6.54 Å². The van der Waals surface area contributed by atoms with Crippen LogP contribution < -0.4 is 0 Å². The van der Waals surface area contributed by atoms with Crippen LogP contribution in [-0.4, -0.2) is 31.5 Å². The predicted octanol–water partition coefficient (Wildman–Crippen LogP) is 9.68. The van der Waals surface area contributed by atoms with Crippen LogP contribution in [0.4, 0.5) is 5.88 Å². The molecular formula is C40H25N6O-. The molecule has 0 N–H and O–H groups in total. The third-order valence-electron chi connectivity index (χ3n) is 8.37. The molecule has 0 spiro atoms. The van der Waals surface area contributed by atoms with Crippen LogP contribution >= 0.6 is 0 Å². The molecule has 0 bridgehead atoms. The summed E-state index contributed by atoms with van der Waals surface area (Å²) in [5.74, 6) is 2.50. The van der Waals surface area contributed by atoms with E-state index in [2.05, 4.69) is 53.9 Å². The van der Waals surface area contributed by atoms with Crippen LogP contribution in [-0.2, 0) is 0 Å². The largest absolute Gasteiger partial charge is 0.650 e. The first-order valence-electron chi connectivity index (χ1n) is 15.4. The fraction of sp³-hybridized carbons (Fsp3) is 0.0250. The predicted molar refractivity (Wildman–Crippen MR) is 186 cm³/mol. The van der Waals surface area contributed by atoms with Crippen LogP contribution in [0.15, 0.2) is 144 Å². The molecule has 1 aliphatic rings. The lowest BCUT2D eigenvalue weighted by molar-refractivity contribution is 0.633. The van der Waals surface area contributed by atoms with Gasteiger partial charge in [-0.05, 0) is 29.3 Å². The van der Waals surface area contributed by atoms with Crippen LogP contribution in [0, 0.1) is 0 Å². The Balaban J connectivity index is 1.10. The summed E-state index contributed by atoms with van der Waals surface area (Å²) in [7, 11) is 0. The van der Waals surface area contributed by atoms with E-state index in [0.717, 1.165) is 61.1 Å². The summed E-state index contributed by atoms with van der Waals surface area (Å²) in [6.45, 7) is 0.532. The van der Waals surface area contributed by atoms with Gasteiger partial charge in [-0.15, -0.1) is 6.54 Å². The Morgan fingerprint density at radius 3 is 1.87 bits per heavy atom. The molecule has 8 aromatic rings. The van der Waals surface area contributed by atoms with Crippen molar-refractivity contribution in [2.45, 2.75) is 0 Å². The van der Waals surface area contributed by atoms with Crippen LogP contribution in [0.1, 0.15) is 11.1 Å². The standard InChI is InChI=1S/C40H25N6O/c1-3-10-27(11-4-1)37-44-38(28-12-5-2-6-13-28)46-39(45-37)29-17-15-25(16-18-29)30-21-22-41-40-36(30)31-23-34(42-24-35(31)47-40)33-20-19-26-9-7-8-14-32(26)43-33/h1-21,23-24H,22H2/q-1. The van der Waals surface area contributed by atoms with Gasteiger partial charge in [0.15, 0.2) is 23.1 Å². The number of rotatable bonds is 5. The van der Waals surface area contributed by atoms with E-state index in [9.17, 15) is 0 Å². The monoisotopic (exact) mass is 605 g/mol. The lowest BCUT2D eigenvalue weighted by Gasteiger charge is -2.25. The molecule has 0 saturated heterocycles. The number of pyridine rings is 2. The average molecular weight is 606 g/mol. The first-order chi connectivity index (χ1) is 23.3. The van der Waals surface area contributed by atoms with E-state index >= 15 is 0 Å². The van der Waals surface area contributed by atoms with Gasteiger partial charge in [0.1, 0.15) is 0 Å². The smallest absolute Gasteiger partial charge is 0.164 e. The zero-order valence-corrected chi connectivity index (χ0v) is 25.1. The maximum Gasteiger partial charge on any atom is 0.164 e. The maximum absolute atomic E-state index is 6.19. The average Bonchev–Trinajstić information content (AvgIpc) is 3.53. The van der Waals surface area contributed by atoms with Gasteiger partial charge in [0.2, 0.25) is 0 Å². The minimum Gasteiger partial charge on any atom is -0.650 e. The van der Waals surface area contributed by atoms with Crippen molar-refractivity contribution in [2.24, 2.45) is 0 Å². The second kappa shape index (κ2) is 11.2. The van der Waals surface area contributed by atoms with Crippen LogP contribution in [0.3, 0.4) is 0 Å². The molecule has 7 heteroatoms. The third-order valence-corrected chi connectivity index (χ3v) is 8.37. The normalized spacial score (nSPS) is 12.5. The molecule has 0 fully saturated rings. The minimum atomic E-state index is 0.532. The quantitative estimate of drug-likeness (QED) is 0.194. The first-order valence-corrected chi connectivity index (χ1v) is 15.4. The molecule has 0 unspecified atom stereocenters. The molecule has 9 rings (SSSR count). The molecule has 4 aromatic carbocycles. The zero-order valence-electron chi connectivity index (χ0n) is 25.1. The highest BCUT2D eigenvalue weighted by atomic mass is 16.4. The van der Waals surface area contributed by atoms with Gasteiger partial charge in [-0.25, -0.2) is 19.9 Å². The fourth-order valence-corrected chi connectivity index (χ4v) is 6.03. The molecular weight excluding hydrogens is 580 g/mol. The SMILES string of the molecule is C1=C(c2ccc(-c3nc(-c4ccccc4)nc(-c4ccccc4)n3)cc2)c2c(oc3cnc(-c4ccc5ccccc5n4)cc23)[N-]C1. The molecule has 222 valence electrons. The van der Waals surface area contributed by atoms with Crippen LogP contribution in [0.2, 0.25) is 0 Å². The summed E-state index contributed by atoms with van der Waals surface area (Å²) in [4.78, 5) is 24.2. The van der Waals surface area contributed by atoms with Gasteiger partial charge < -0.3 is 9.73 Å². The van der Waals surface area contributed by atoms with E-state index in [1.54, 1.807) is 6.20 Å². The summed E-state index contributed by atoms with van der Waals surface area (Å²) >= 11 is 0. The van der Waals surface area contributed by atoms with Crippen molar-refractivity contribution in [3.8, 4) is 45.6 Å². The summed E-state index contributed by atoms with van der Waals surface area (Å²) in [6, 6.07) is 42.6. The Morgan fingerprint density at radius 1 is 0.553 bits per heavy atom. The Morgan fingerprint density at radius 2 is 1.17 bits per heavy atom. The van der Waals surface area contributed by atoms with Gasteiger partial charge in [0, 0.05) is 38.9 Å². The van der Waals surface area contributed by atoms with Crippen molar-refractivity contribution in [1.29, 1.82) is 0 Å². The van der Waals surface area contributed by atoms with Crippen molar-refractivity contribution in [3.63, 3.8) is 0 Å². The lowest BCUT2D eigenvalue weighted by atomic mass is 9.93. The molecule has 0 radical (unpaired) electrons. The Labute approximate surface area is 270 Å². The summed E-state index contributed by atoms with van der Waals surface area (Å²) in [5, 5.41) is 6.73. The van der Waals surface area contributed by atoms with Crippen LogP contribution in [0.5, 0.6) is 0 Å². The molecule has 4 aromatic heterocycles. The Kier molecular flexibility index (Phi) is 6.38. The summed E-state index contributed by atoms with van der Waals surface area (Å²) < 4.78 is 6.19. The van der Waals surface area contributed by atoms with Gasteiger partial charge in [-0.2, -0.15) is 0 Å². The number of benzene rings is 4. The van der Waals surface area contributed by atoms with E-state index < -0.39 is 0 Å². The number of fused-ring (bicyclic) bond motifs is 4. The highest BCUT2D eigenvalue weighted by molar-refractivity contribution is 6.03. The van der Waals surface area contributed by atoms with Crippen molar-refractivity contribution in [3.05, 3.63) is 156 Å². The first kappa shape index (κ1) is 26.9. The Hall–Kier alpha value is -6.47. The van der Waals surface area contributed by atoms with Gasteiger partial charge in [-0.3, -0.25) is 4.98 Å². The van der Waals surface area contributed by atoms with Crippen molar-refractivity contribution < 1.29 is 4.42 Å². The topological polar surface area (TPSA) is 91.7 Å². The van der Waals surface area contributed by atoms with Gasteiger partial charge in [0.25, 0.3) is 0 Å². The van der Waals surface area contributed by atoms with Gasteiger partial charge in [-0.1, -0.05) is 115 Å². The van der Waals surface area contributed by atoms with Gasteiger partial charge >= 0.3 is 0 Å². The number of hydrogen-bond acceptors (Lipinski definition) is 6. The molecule has 7 nitrogen and oxygen atoms in total. The number of nitrogens with zero attached hydrogens (tertiary/aromatic N) is 6. The second-order valence-corrected chi connectivity index (χ2v) is 11.3. The van der Waals surface area contributed by atoms with E-state index in [0.29, 0.717) is 35.5 Å². The number of para-hydroxylation sites is 1. The zero-order chi connectivity index (χ0) is 31.2. The minimum absolute atomic E-state index is 0.532. The summed E-state index contributed by atoms with van der Waals surface area (Å²) in [6.07, 6.45) is 3.91. The highest BCUT2D eigenvalue weighted by Gasteiger charge is 2.19. The van der Waals surface area contributed by atoms with Gasteiger partial charge in [0.05, 0.1) is 23.1 Å². The highest BCUT2D eigenvalue weighted by Crippen LogP contribution is 2.45. The molecule has 1 aliphatic heterocycles. The fourth-order valence-electron chi connectivity index (χ4n) is 6.03. The van der Waals surface area contributed by atoms with E-state index in [4.69, 9.17) is 29.3 Å². The number of aromatic nitrogens is 5. The van der Waals surface area contributed by atoms with E-state index in [1.165, 1.54) is 0 Å². The molecule has 0 saturated carbocycles. The van der Waals surface area contributed by atoms with E-state index in [1.807, 2.05) is 84.9 Å². The molecule has 5 heterocycles. The lowest BCUT2D eigenvalue weighted by Crippen LogP contribution is -2.00. The second-order valence-electron chi connectivity index (χ2n) is 11.3. The van der Waals surface area contributed by atoms with Crippen LogP contribution in [0.25, 0.3) is 78.3 Å². The van der Waals surface area contributed by atoms with Crippen molar-refractivity contribution in [1.82, 2.24) is 24.9 Å². The third kappa shape index (κ3) is 4.91. The molecule has 0 atom stereocenters. The van der Waals surface area contributed by atoms with Crippen molar-refractivity contribution >= 4 is 33.3 Å².